The molecule has 0 saturated carbocycles. The Balaban J connectivity index is 2.66. The smallest absolute Gasteiger partial charge is 0.251 e. The van der Waals surface area contributed by atoms with Crippen molar-refractivity contribution >= 4 is 5.91 Å². The van der Waals surface area contributed by atoms with Crippen LogP contribution in [0.1, 0.15) is 43.6 Å². The van der Waals surface area contributed by atoms with Crippen LogP contribution in [-0.4, -0.2) is 12.5 Å². The maximum Gasteiger partial charge on any atom is 0.251 e. The fraction of sp³-hybridized carbons (Fsp3) is 0.500. The number of nitrogens with one attached hydrogen (secondary N) is 1. The first-order valence-electron chi connectivity index (χ1n) is 5.79. The summed E-state index contributed by atoms with van der Waals surface area (Å²) in [5, 5.41) is 2.95. The molecule has 16 heavy (non-hydrogen) atoms. The third-order valence-corrected chi connectivity index (χ3v) is 2.38. The Morgan fingerprint density at radius 3 is 2.56 bits per heavy atom. The molecule has 1 aromatic carbocycles. The zero-order chi connectivity index (χ0) is 12.2. The molecule has 0 fully saturated rings. The van der Waals surface area contributed by atoms with E-state index in [9.17, 15) is 4.79 Å². The van der Waals surface area contributed by atoms with E-state index in [4.69, 9.17) is 0 Å². The number of aryl methyl sites for hydroxylation is 1. The van der Waals surface area contributed by atoms with Crippen LogP contribution in [0.2, 0.25) is 0 Å². The predicted octanol–water partition coefficient (Wildman–Crippen LogP) is 3.02. The fourth-order valence-electron chi connectivity index (χ4n) is 1.38. The quantitative estimate of drug-likeness (QED) is 0.831. The lowest BCUT2D eigenvalue weighted by Gasteiger charge is -2.18. The molecule has 0 bridgehead atoms. The van der Waals surface area contributed by atoms with Gasteiger partial charge in [-0.15, -0.1) is 0 Å². The second-order valence-electron chi connectivity index (χ2n) is 5.30. The first-order chi connectivity index (χ1) is 7.42. The van der Waals surface area contributed by atoms with Gasteiger partial charge in [0, 0.05) is 12.1 Å². The number of rotatable bonds is 3. The minimum absolute atomic E-state index is 0.0187. The van der Waals surface area contributed by atoms with E-state index in [0.29, 0.717) is 6.54 Å². The van der Waals surface area contributed by atoms with Gasteiger partial charge in [0.25, 0.3) is 5.91 Å². The summed E-state index contributed by atoms with van der Waals surface area (Å²) in [6.07, 6.45) is 0.959. The summed E-state index contributed by atoms with van der Waals surface area (Å²) in [6.45, 7) is 9.11. The van der Waals surface area contributed by atoms with Crippen molar-refractivity contribution in [2.45, 2.75) is 34.1 Å². The third-order valence-electron chi connectivity index (χ3n) is 2.38. The number of benzene rings is 1. The fourth-order valence-corrected chi connectivity index (χ4v) is 1.38. The molecule has 0 aromatic heterocycles. The standard InChI is InChI=1S/C14H21NO/c1-5-11-7-6-8-12(9-11)13(16)15-10-14(2,3)4/h6-9H,5,10H2,1-4H3,(H,15,16). The van der Waals surface area contributed by atoms with Crippen LogP contribution in [0.3, 0.4) is 0 Å². The van der Waals surface area contributed by atoms with Crippen molar-refractivity contribution < 1.29 is 4.79 Å². The van der Waals surface area contributed by atoms with E-state index in [1.165, 1.54) is 5.56 Å². The monoisotopic (exact) mass is 219 g/mol. The first-order valence-corrected chi connectivity index (χ1v) is 5.79. The summed E-state index contributed by atoms with van der Waals surface area (Å²) in [7, 11) is 0. The largest absolute Gasteiger partial charge is 0.352 e. The highest BCUT2D eigenvalue weighted by molar-refractivity contribution is 5.94. The molecule has 88 valence electrons. The SMILES string of the molecule is CCc1cccc(C(=O)NCC(C)(C)C)c1. The average Bonchev–Trinajstić information content (AvgIpc) is 2.25. The Morgan fingerprint density at radius 1 is 1.31 bits per heavy atom. The Bertz CT molecular complexity index is 363. The summed E-state index contributed by atoms with van der Waals surface area (Å²) >= 11 is 0. The van der Waals surface area contributed by atoms with E-state index in [1.807, 2.05) is 24.3 Å². The summed E-state index contributed by atoms with van der Waals surface area (Å²) in [5.74, 6) is 0.0187. The lowest BCUT2D eigenvalue weighted by Crippen LogP contribution is -2.32. The second kappa shape index (κ2) is 5.15. The molecule has 0 radical (unpaired) electrons. The molecular formula is C14H21NO. The number of amides is 1. The van der Waals surface area contributed by atoms with Crippen molar-refractivity contribution in [1.29, 1.82) is 0 Å². The van der Waals surface area contributed by atoms with Crippen LogP contribution in [0.25, 0.3) is 0 Å². The van der Waals surface area contributed by atoms with Crippen molar-refractivity contribution in [2.24, 2.45) is 5.41 Å². The average molecular weight is 219 g/mol. The molecule has 0 aliphatic carbocycles. The van der Waals surface area contributed by atoms with Crippen LogP contribution in [-0.2, 0) is 6.42 Å². The van der Waals surface area contributed by atoms with E-state index in [0.717, 1.165) is 12.0 Å². The number of carbonyl (C=O) groups is 1. The number of hydrogen-bond acceptors (Lipinski definition) is 1. The Morgan fingerprint density at radius 2 is 2.00 bits per heavy atom. The van der Waals surface area contributed by atoms with Crippen LogP contribution in [0.4, 0.5) is 0 Å². The zero-order valence-corrected chi connectivity index (χ0v) is 10.6. The molecular weight excluding hydrogens is 198 g/mol. The highest BCUT2D eigenvalue weighted by Crippen LogP contribution is 2.11. The van der Waals surface area contributed by atoms with Gasteiger partial charge in [-0.3, -0.25) is 4.79 Å². The molecule has 2 heteroatoms. The van der Waals surface area contributed by atoms with Crippen LogP contribution in [0.5, 0.6) is 0 Å². The predicted molar refractivity (Wildman–Crippen MR) is 67.6 cm³/mol. The van der Waals surface area contributed by atoms with Gasteiger partial charge in [0.1, 0.15) is 0 Å². The number of hydrogen-bond donors (Lipinski definition) is 1. The zero-order valence-electron chi connectivity index (χ0n) is 10.6. The molecule has 0 heterocycles. The number of carbonyl (C=O) groups excluding carboxylic acids is 1. The second-order valence-corrected chi connectivity index (χ2v) is 5.30. The van der Waals surface area contributed by atoms with Crippen molar-refractivity contribution in [3.8, 4) is 0 Å². The van der Waals surface area contributed by atoms with E-state index >= 15 is 0 Å². The van der Waals surface area contributed by atoms with Gasteiger partial charge in [0.05, 0.1) is 0 Å². The summed E-state index contributed by atoms with van der Waals surface area (Å²) in [4.78, 5) is 11.8. The normalized spacial score (nSPS) is 11.2. The van der Waals surface area contributed by atoms with Gasteiger partial charge in [-0.2, -0.15) is 0 Å². The molecule has 0 aliphatic rings. The maximum absolute atomic E-state index is 11.8. The molecule has 0 saturated heterocycles. The van der Waals surface area contributed by atoms with Crippen LogP contribution >= 0.6 is 0 Å². The van der Waals surface area contributed by atoms with E-state index in [2.05, 4.69) is 33.0 Å². The van der Waals surface area contributed by atoms with E-state index < -0.39 is 0 Å². The summed E-state index contributed by atoms with van der Waals surface area (Å²) in [5.41, 5.74) is 2.07. The Labute approximate surface area is 98.1 Å². The molecule has 0 atom stereocenters. The van der Waals surface area contributed by atoms with Gasteiger partial charge in [-0.1, -0.05) is 39.8 Å². The van der Waals surface area contributed by atoms with Crippen LogP contribution in [0, 0.1) is 5.41 Å². The molecule has 0 unspecified atom stereocenters. The molecule has 2 nitrogen and oxygen atoms in total. The van der Waals surface area contributed by atoms with Crippen molar-refractivity contribution in [1.82, 2.24) is 5.32 Å². The Kier molecular flexibility index (Phi) is 4.11. The molecule has 1 rings (SSSR count). The van der Waals surface area contributed by atoms with Crippen molar-refractivity contribution in [2.75, 3.05) is 6.54 Å². The first kappa shape index (κ1) is 12.8. The van der Waals surface area contributed by atoms with Gasteiger partial charge in [-0.25, -0.2) is 0 Å². The minimum atomic E-state index is 0.0187. The van der Waals surface area contributed by atoms with Gasteiger partial charge >= 0.3 is 0 Å². The molecule has 0 aliphatic heterocycles. The van der Waals surface area contributed by atoms with Crippen LogP contribution in [0.15, 0.2) is 24.3 Å². The highest BCUT2D eigenvalue weighted by Gasteiger charge is 2.12. The molecule has 0 spiro atoms. The van der Waals surface area contributed by atoms with Gasteiger partial charge in [-0.05, 0) is 29.5 Å². The van der Waals surface area contributed by atoms with Gasteiger partial charge < -0.3 is 5.32 Å². The lowest BCUT2D eigenvalue weighted by atomic mass is 9.97. The topological polar surface area (TPSA) is 29.1 Å². The molecule has 1 N–H and O–H groups in total. The lowest BCUT2D eigenvalue weighted by molar-refractivity contribution is 0.0939. The third kappa shape index (κ3) is 4.05. The molecule has 1 aromatic rings. The summed E-state index contributed by atoms with van der Waals surface area (Å²) < 4.78 is 0. The highest BCUT2D eigenvalue weighted by atomic mass is 16.1. The Hall–Kier alpha value is -1.31. The van der Waals surface area contributed by atoms with Crippen molar-refractivity contribution in [3.05, 3.63) is 35.4 Å². The van der Waals surface area contributed by atoms with Crippen molar-refractivity contribution in [3.63, 3.8) is 0 Å². The molecule has 1 amide bonds. The van der Waals surface area contributed by atoms with Gasteiger partial charge in [0.2, 0.25) is 0 Å². The van der Waals surface area contributed by atoms with Gasteiger partial charge in [0.15, 0.2) is 0 Å². The summed E-state index contributed by atoms with van der Waals surface area (Å²) in [6, 6.07) is 7.79. The minimum Gasteiger partial charge on any atom is -0.352 e. The van der Waals surface area contributed by atoms with E-state index in [-0.39, 0.29) is 11.3 Å². The van der Waals surface area contributed by atoms with E-state index in [1.54, 1.807) is 0 Å². The van der Waals surface area contributed by atoms with Crippen LogP contribution < -0.4 is 5.32 Å². The maximum atomic E-state index is 11.8.